The lowest BCUT2D eigenvalue weighted by atomic mass is 9.94. The molecular formula is C40H32N2O. The van der Waals surface area contributed by atoms with Gasteiger partial charge in [-0.2, -0.15) is 0 Å². The molecular weight excluding hydrogens is 524 g/mol. The van der Waals surface area contributed by atoms with Crippen molar-refractivity contribution in [3.8, 4) is 33.7 Å². The van der Waals surface area contributed by atoms with E-state index in [9.17, 15) is 0 Å². The molecule has 43 heavy (non-hydrogen) atoms. The first-order valence-corrected chi connectivity index (χ1v) is 14.6. The molecule has 0 saturated carbocycles. The molecule has 6 aromatic carbocycles. The summed E-state index contributed by atoms with van der Waals surface area (Å²) >= 11 is 0. The minimum absolute atomic E-state index is 0.450. The van der Waals surface area contributed by atoms with Gasteiger partial charge in [-0.3, -0.25) is 0 Å². The number of anilines is 1. The van der Waals surface area contributed by atoms with Crippen molar-refractivity contribution in [1.29, 1.82) is 0 Å². The predicted octanol–water partition coefficient (Wildman–Crippen LogP) is 10.3. The molecule has 0 amide bonds. The highest BCUT2D eigenvalue weighted by Gasteiger charge is 2.16. The number of nitrogen functional groups attached to an aromatic ring is 1. The number of benzene rings is 6. The van der Waals surface area contributed by atoms with Crippen molar-refractivity contribution >= 4 is 33.6 Å². The summed E-state index contributed by atoms with van der Waals surface area (Å²) in [6, 6.07) is 48.9. The van der Waals surface area contributed by atoms with E-state index in [4.69, 9.17) is 10.5 Å². The van der Waals surface area contributed by atoms with E-state index in [1.807, 2.05) is 37.3 Å². The van der Waals surface area contributed by atoms with Crippen LogP contribution in [0.25, 0.3) is 55.8 Å². The molecule has 7 aromatic rings. The number of ether oxygens (including phenoxy) is 1. The van der Waals surface area contributed by atoms with Crippen LogP contribution in [0, 0.1) is 0 Å². The molecule has 208 valence electrons. The van der Waals surface area contributed by atoms with Gasteiger partial charge < -0.3 is 15.0 Å². The van der Waals surface area contributed by atoms with Crippen LogP contribution in [0.2, 0.25) is 0 Å². The van der Waals surface area contributed by atoms with E-state index in [0.29, 0.717) is 18.0 Å². The Morgan fingerprint density at radius 1 is 0.628 bits per heavy atom. The lowest BCUT2D eigenvalue weighted by Gasteiger charge is -2.17. The van der Waals surface area contributed by atoms with Crippen molar-refractivity contribution in [2.75, 3.05) is 5.73 Å². The van der Waals surface area contributed by atoms with E-state index >= 15 is 0 Å². The number of hydrogen-bond acceptors (Lipinski definition) is 2. The summed E-state index contributed by atoms with van der Waals surface area (Å²) < 4.78 is 8.72. The third kappa shape index (κ3) is 4.96. The Kier molecular flexibility index (Phi) is 6.98. The maximum atomic E-state index is 6.50. The first-order chi connectivity index (χ1) is 21.2. The maximum absolute atomic E-state index is 6.50. The zero-order chi connectivity index (χ0) is 29.2. The topological polar surface area (TPSA) is 40.2 Å². The van der Waals surface area contributed by atoms with Gasteiger partial charge in [-0.1, -0.05) is 115 Å². The summed E-state index contributed by atoms with van der Waals surface area (Å²) in [6.45, 7) is 2.48. The Labute approximate surface area is 252 Å². The molecule has 0 aliphatic carbocycles. The SMILES string of the molecule is C/C=C\c1ccc(N)c(OCc2ccccc2)c1-c1ccc(-c2ccc3c(c2)c2ccccc2n3-c2ccccc2)cc1. The molecule has 0 spiro atoms. The van der Waals surface area contributed by atoms with Gasteiger partial charge in [0, 0.05) is 22.0 Å². The van der Waals surface area contributed by atoms with Crippen molar-refractivity contribution in [2.24, 2.45) is 0 Å². The lowest BCUT2D eigenvalue weighted by molar-refractivity contribution is 0.309. The zero-order valence-electron chi connectivity index (χ0n) is 24.1. The van der Waals surface area contributed by atoms with Crippen molar-refractivity contribution in [2.45, 2.75) is 13.5 Å². The van der Waals surface area contributed by atoms with Crippen LogP contribution in [0.1, 0.15) is 18.1 Å². The van der Waals surface area contributed by atoms with E-state index in [-0.39, 0.29) is 0 Å². The number of nitrogens with two attached hydrogens (primary N) is 1. The average molecular weight is 557 g/mol. The minimum Gasteiger partial charge on any atom is -0.486 e. The van der Waals surface area contributed by atoms with Gasteiger partial charge in [0.15, 0.2) is 5.75 Å². The van der Waals surface area contributed by atoms with E-state index in [1.54, 1.807) is 0 Å². The Bertz CT molecular complexity index is 2070. The molecule has 1 aromatic heterocycles. The smallest absolute Gasteiger partial charge is 0.151 e. The van der Waals surface area contributed by atoms with E-state index in [2.05, 4.69) is 126 Å². The normalized spacial score (nSPS) is 11.5. The second-order valence-corrected chi connectivity index (χ2v) is 10.7. The van der Waals surface area contributed by atoms with Gasteiger partial charge in [0.05, 0.1) is 16.7 Å². The molecule has 0 bridgehead atoms. The number of allylic oxidation sites excluding steroid dienone is 1. The Balaban J connectivity index is 1.29. The highest BCUT2D eigenvalue weighted by molar-refractivity contribution is 6.10. The van der Waals surface area contributed by atoms with E-state index in [1.165, 1.54) is 27.4 Å². The van der Waals surface area contributed by atoms with Crippen LogP contribution in [-0.4, -0.2) is 4.57 Å². The molecule has 2 N–H and O–H groups in total. The van der Waals surface area contributed by atoms with Gasteiger partial charge >= 0.3 is 0 Å². The van der Waals surface area contributed by atoms with Crippen LogP contribution >= 0.6 is 0 Å². The molecule has 0 aliphatic heterocycles. The Morgan fingerprint density at radius 2 is 1.28 bits per heavy atom. The van der Waals surface area contributed by atoms with Gasteiger partial charge in [-0.15, -0.1) is 0 Å². The third-order valence-electron chi connectivity index (χ3n) is 7.99. The lowest BCUT2D eigenvalue weighted by Crippen LogP contribution is -2.02. The molecule has 0 radical (unpaired) electrons. The van der Waals surface area contributed by atoms with Gasteiger partial charge in [-0.25, -0.2) is 0 Å². The molecule has 0 atom stereocenters. The largest absolute Gasteiger partial charge is 0.486 e. The minimum atomic E-state index is 0.450. The molecule has 0 aliphatic rings. The fourth-order valence-corrected chi connectivity index (χ4v) is 5.95. The fraction of sp³-hybridized carbons (Fsp3) is 0.0500. The third-order valence-corrected chi connectivity index (χ3v) is 7.99. The van der Waals surface area contributed by atoms with Crippen molar-refractivity contribution in [3.63, 3.8) is 0 Å². The predicted molar refractivity (Wildman–Crippen MR) is 182 cm³/mol. The van der Waals surface area contributed by atoms with Crippen molar-refractivity contribution in [1.82, 2.24) is 4.57 Å². The van der Waals surface area contributed by atoms with Gasteiger partial charge in [0.25, 0.3) is 0 Å². The highest BCUT2D eigenvalue weighted by atomic mass is 16.5. The van der Waals surface area contributed by atoms with Crippen LogP contribution in [0.3, 0.4) is 0 Å². The first kappa shape index (κ1) is 26.4. The second kappa shape index (κ2) is 11.4. The number of rotatable bonds is 7. The molecule has 1 heterocycles. The Hall–Kier alpha value is -5.54. The number of para-hydroxylation sites is 2. The summed E-state index contributed by atoms with van der Waals surface area (Å²) in [5.74, 6) is 0.711. The highest BCUT2D eigenvalue weighted by Crippen LogP contribution is 2.41. The van der Waals surface area contributed by atoms with Gasteiger partial charge in [0.2, 0.25) is 0 Å². The van der Waals surface area contributed by atoms with E-state index < -0.39 is 0 Å². The van der Waals surface area contributed by atoms with Crippen LogP contribution in [0.4, 0.5) is 5.69 Å². The standard InChI is InChI=1S/C40H32N2O/c1-2-11-30-22-24-36(41)40(43-27-28-12-5-3-6-13-28)39(30)31-20-18-29(19-21-31)32-23-25-38-35(26-32)34-16-9-10-17-37(34)42(38)33-14-7-4-8-15-33/h2-26H,27,41H2,1H3/b11-2-. The van der Waals surface area contributed by atoms with Gasteiger partial charge in [-0.05, 0) is 71.1 Å². The maximum Gasteiger partial charge on any atom is 0.151 e. The van der Waals surface area contributed by atoms with Crippen molar-refractivity contribution in [3.05, 3.63) is 157 Å². The molecule has 3 nitrogen and oxygen atoms in total. The first-order valence-electron chi connectivity index (χ1n) is 14.6. The summed E-state index contributed by atoms with van der Waals surface area (Å²) in [4.78, 5) is 0. The molecule has 0 saturated heterocycles. The fourth-order valence-electron chi connectivity index (χ4n) is 5.95. The summed E-state index contributed by atoms with van der Waals surface area (Å²) in [6.07, 6.45) is 4.15. The van der Waals surface area contributed by atoms with Gasteiger partial charge in [0.1, 0.15) is 6.61 Å². The molecule has 7 rings (SSSR count). The van der Waals surface area contributed by atoms with Crippen LogP contribution in [0.5, 0.6) is 5.75 Å². The number of hydrogen-bond donors (Lipinski definition) is 1. The quantitative estimate of drug-likeness (QED) is 0.198. The second-order valence-electron chi connectivity index (χ2n) is 10.7. The summed E-state index contributed by atoms with van der Waals surface area (Å²) in [5.41, 5.74) is 17.3. The summed E-state index contributed by atoms with van der Waals surface area (Å²) in [5, 5.41) is 2.49. The number of fused-ring (bicyclic) bond motifs is 3. The zero-order valence-corrected chi connectivity index (χ0v) is 24.1. The molecule has 3 heteroatoms. The molecule has 0 fully saturated rings. The van der Waals surface area contributed by atoms with E-state index in [0.717, 1.165) is 33.5 Å². The van der Waals surface area contributed by atoms with Crippen molar-refractivity contribution < 1.29 is 4.74 Å². The monoisotopic (exact) mass is 556 g/mol. The van der Waals surface area contributed by atoms with Crippen LogP contribution < -0.4 is 10.5 Å². The summed E-state index contributed by atoms with van der Waals surface area (Å²) in [7, 11) is 0. The number of aromatic nitrogens is 1. The average Bonchev–Trinajstić information content (AvgIpc) is 3.39. The van der Waals surface area contributed by atoms with Crippen LogP contribution in [-0.2, 0) is 6.61 Å². The molecule has 0 unspecified atom stereocenters. The Morgan fingerprint density at radius 3 is 2.05 bits per heavy atom. The van der Waals surface area contributed by atoms with Crippen LogP contribution in [0.15, 0.2) is 146 Å². The number of nitrogens with zero attached hydrogens (tertiary/aromatic N) is 1.